The lowest BCUT2D eigenvalue weighted by Gasteiger charge is -2.16. The van der Waals surface area contributed by atoms with Crippen LogP contribution in [-0.2, 0) is 13.2 Å². The van der Waals surface area contributed by atoms with E-state index in [0.717, 1.165) is 20.4 Å². The van der Waals surface area contributed by atoms with Gasteiger partial charge in [-0.25, -0.2) is 4.39 Å². The summed E-state index contributed by atoms with van der Waals surface area (Å²) in [5.74, 6) is 1.06. The zero-order valence-corrected chi connectivity index (χ0v) is 18.3. The maximum Gasteiger partial charge on any atom is 0.174 e. The SMILES string of the molecule is CCOc1cc(CNc2cccc(Cl)c2)cc(I)c1OCc1cccc(F)c1. The molecule has 28 heavy (non-hydrogen) atoms. The smallest absolute Gasteiger partial charge is 0.174 e. The molecule has 0 aliphatic heterocycles. The van der Waals surface area contributed by atoms with Crippen LogP contribution in [-0.4, -0.2) is 6.61 Å². The summed E-state index contributed by atoms with van der Waals surface area (Å²) in [5, 5.41) is 4.05. The van der Waals surface area contributed by atoms with Gasteiger partial charge in [-0.15, -0.1) is 0 Å². The highest BCUT2D eigenvalue weighted by Crippen LogP contribution is 2.35. The molecule has 0 aromatic heterocycles. The Morgan fingerprint density at radius 1 is 1.00 bits per heavy atom. The molecule has 0 amide bonds. The van der Waals surface area contributed by atoms with E-state index in [9.17, 15) is 4.39 Å². The number of nitrogens with one attached hydrogen (secondary N) is 1. The second-order valence-corrected chi connectivity index (χ2v) is 7.72. The van der Waals surface area contributed by atoms with Crippen molar-refractivity contribution in [3.63, 3.8) is 0 Å². The minimum Gasteiger partial charge on any atom is -0.490 e. The number of anilines is 1. The van der Waals surface area contributed by atoms with Crippen molar-refractivity contribution in [2.24, 2.45) is 0 Å². The number of rotatable bonds is 8. The van der Waals surface area contributed by atoms with Crippen molar-refractivity contribution >= 4 is 39.9 Å². The van der Waals surface area contributed by atoms with Gasteiger partial charge in [-0.1, -0.05) is 29.8 Å². The molecule has 146 valence electrons. The second kappa shape index (κ2) is 9.98. The zero-order chi connectivity index (χ0) is 19.9. The number of halogens is 3. The van der Waals surface area contributed by atoms with Crippen molar-refractivity contribution in [3.8, 4) is 11.5 Å². The first-order chi connectivity index (χ1) is 13.5. The summed E-state index contributed by atoms with van der Waals surface area (Å²) < 4.78 is 26.1. The van der Waals surface area contributed by atoms with Crippen molar-refractivity contribution < 1.29 is 13.9 Å². The van der Waals surface area contributed by atoms with E-state index in [1.54, 1.807) is 6.07 Å². The molecule has 3 rings (SSSR count). The Hall–Kier alpha value is -1.99. The Morgan fingerprint density at radius 2 is 1.82 bits per heavy atom. The summed E-state index contributed by atoms with van der Waals surface area (Å²) >= 11 is 8.27. The van der Waals surface area contributed by atoms with Crippen LogP contribution >= 0.6 is 34.2 Å². The van der Waals surface area contributed by atoms with Gasteiger partial charge in [-0.2, -0.15) is 0 Å². The lowest BCUT2D eigenvalue weighted by Crippen LogP contribution is -2.05. The number of benzene rings is 3. The Morgan fingerprint density at radius 3 is 2.57 bits per heavy atom. The van der Waals surface area contributed by atoms with Gasteiger partial charge in [-0.05, 0) is 83.1 Å². The molecule has 0 saturated carbocycles. The standard InChI is InChI=1S/C22H20ClFINO2/c1-2-27-21-11-16(13-26-19-8-4-6-17(23)12-19)10-20(25)22(21)28-14-15-5-3-7-18(24)9-15/h3-12,26H,2,13-14H2,1H3. The third-order valence-corrected chi connectivity index (χ3v) is 5.00. The summed E-state index contributed by atoms with van der Waals surface area (Å²) in [7, 11) is 0. The predicted molar refractivity (Wildman–Crippen MR) is 120 cm³/mol. The Labute approximate surface area is 183 Å². The molecule has 0 aliphatic rings. The highest BCUT2D eigenvalue weighted by molar-refractivity contribution is 14.1. The Balaban J connectivity index is 1.75. The molecule has 0 radical (unpaired) electrons. The minimum atomic E-state index is -0.275. The largest absolute Gasteiger partial charge is 0.490 e. The molecule has 1 N–H and O–H groups in total. The highest BCUT2D eigenvalue weighted by Gasteiger charge is 2.13. The maximum atomic E-state index is 13.4. The van der Waals surface area contributed by atoms with Crippen LogP contribution in [0.4, 0.5) is 10.1 Å². The molecule has 3 aromatic rings. The number of ether oxygens (including phenoxy) is 2. The first-order valence-corrected chi connectivity index (χ1v) is 10.3. The molecule has 3 aromatic carbocycles. The highest BCUT2D eigenvalue weighted by atomic mass is 127. The van der Waals surface area contributed by atoms with E-state index < -0.39 is 0 Å². The first-order valence-electron chi connectivity index (χ1n) is 8.87. The average Bonchev–Trinajstić information content (AvgIpc) is 2.66. The number of hydrogen-bond donors (Lipinski definition) is 1. The van der Waals surface area contributed by atoms with E-state index in [1.807, 2.05) is 49.4 Å². The maximum absolute atomic E-state index is 13.4. The van der Waals surface area contributed by atoms with Gasteiger partial charge in [0.2, 0.25) is 0 Å². The lowest BCUT2D eigenvalue weighted by atomic mass is 10.2. The summed E-state index contributed by atoms with van der Waals surface area (Å²) in [6.45, 7) is 3.35. The second-order valence-electron chi connectivity index (χ2n) is 6.12. The van der Waals surface area contributed by atoms with Crippen LogP contribution in [0.3, 0.4) is 0 Å². The van der Waals surface area contributed by atoms with Gasteiger partial charge in [-0.3, -0.25) is 0 Å². The van der Waals surface area contributed by atoms with Crippen LogP contribution in [0.25, 0.3) is 0 Å². The normalized spacial score (nSPS) is 10.6. The summed E-state index contributed by atoms with van der Waals surface area (Å²) in [6, 6.07) is 18.0. The van der Waals surface area contributed by atoms with E-state index in [4.69, 9.17) is 21.1 Å². The topological polar surface area (TPSA) is 30.5 Å². The van der Waals surface area contributed by atoms with E-state index in [1.165, 1.54) is 12.1 Å². The molecule has 0 fully saturated rings. The monoisotopic (exact) mass is 511 g/mol. The van der Waals surface area contributed by atoms with Crippen LogP contribution in [0.5, 0.6) is 11.5 Å². The molecule has 6 heteroatoms. The van der Waals surface area contributed by atoms with Gasteiger partial charge in [0.25, 0.3) is 0 Å². The van der Waals surface area contributed by atoms with Crippen molar-refractivity contribution in [1.29, 1.82) is 0 Å². The van der Waals surface area contributed by atoms with Crippen molar-refractivity contribution in [3.05, 3.63) is 86.2 Å². The van der Waals surface area contributed by atoms with E-state index >= 15 is 0 Å². The van der Waals surface area contributed by atoms with Crippen LogP contribution in [0.15, 0.2) is 60.7 Å². The zero-order valence-electron chi connectivity index (χ0n) is 15.3. The summed E-state index contributed by atoms with van der Waals surface area (Å²) in [6.07, 6.45) is 0. The van der Waals surface area contributed by atoms with Crippen LogP contribution in [0, 0.1) is 9.39 Å². The molecular weight excluding hydrogens is 492 g/mol. The number of hydrogen-bond acceptors (Lipinski definition) is 3. The van der Waals surface area contributed by atoms with Gasteiger partial charge in [0.05, 0.1) is 10.2 Å². The van der Waals surface area contributed by atoms with Crippen molar-refractivity contribution in [1.82, 2.24) is 0 Å². The molecule has 0 bridgehead atoms. The fourth-order valence-electron chi connectivity index (χ4n) is 2.71. The van der Waals surface area contributed by atoms with Gasteiger partial charge in [0, 0.05) is 17.3 Å². The molecular formula is C22H20ClFINO2. The van der Waals surface area contributed by atoms with Gasteiger partial charge in [0.1, 0.15) is 12.4 Å². The molecule has 0 aliphatic carbocycles. The molecule has 0 atom stereocenters. The third-order valence-electron chi connectivity index (χ3n) is 3.96. The minimum absolute atomic E-state index is 0.272. The van der Waals surface area contributed by atoms with E-state index in [2.05, 4.69) is 27.9 Å². The quantitative estimate of drug-likeness (QED) is 0.343. The molecule has 0 unspecified atom stereocenters. The fourth-order valence-corrected chi connectivity index (χ4v) is 3.72. The fraction of sp³-hybridized carbons (Fsp3) is 0.182. The van der Waals surface area contributed by atoms with Crippen molar-refractivity contribution in [2.45, 2.75) is 20.1 Å². The van der Waals surface area contributed by atoms with Crippen molar-refractivity contribution in [2.75, 3.05) is 11.9 Å². The molecule has 0 saturated heterocycles. The first kappa shape index (κ1) is 20.7. The summed E-state index contributed by atoms with van der Waals surface area (Å²) in [4.78, 5) is 0. The average molecular weight is 512 g/mol. The van der Waals surface area contributed by atoms with Gasteiger partial charge in [0.15, 0.2) is 11.5 Å². The lowest BCUT2D eigenvalue weighted by molar-refractivity contribution is 0.267. The predicted octanol–water partition coefficient (Wildman–Crippen LogP) is 6.67. The van der Waals surface area contributed by atoms with Gasteiger partial charge < -0.3 is 14.8 Å². The Kier molecular flexibility index (Phi) is 7.39. The van der Waals surface area contributed by atoms with Crippen LogP contribution in [0.1, 0.15) is 18.1 Å². The Bertz CT molecular complexity index is 952. The van der Waals surface area contributed by atoms with E-state index in [-0.39, 0.29) is 12.4 Å². The molecule has 0 spiro atoms. The van der Waals surface area contributed by atoms with E-state index in [0.29, 0.717) is 29.7 Å². The molecule has 3 nitrogen and oxygen atoms in total. The third kappa shape index (κ3) is 5.75. The van der Waals surface area contributed by atoms with Crippen LogP contribution in [0.2, 0.25) is 5.02 Å². The summed E-state index contributed by atoms with van der Waals surface area (Å²) in [5.41, 5.74) is 2.78. The molecule has 0 heterocycles. The van der Waals surface area contributed by atoms with Crippen LogP contribution < -0.4 is 14.8 Å². The van der Waals surface area contributed by atoms with Gasteiger partial charge >= 0.3 is 0 Å².